The van der Waals surface area contributed by atoms with Crippen molar-refractivity contribution in [3.05, 3.63) is 29.3 Å². The maximum absolute atomic E-state index is 14.2. The summed E-state index contributed by atoms with van der Waals surface area (Å²) in [6.45, 7) is 5.72. The Kier molecular flexibility index (Phi) is 5.57. The molecule has 1 aromatic rings. The molecule has 2 saturated heterocycles. The molecule has 0 radical (unpaired) electrons. The average molecular weight is 352 g/mol. The van der Waals surface area contributed by atoms with Crippen LogP contribution in [0.25, 0.3) is 0 Å². The minimum atomic E-state index is -1.13. The van der Waals surface area contributed by atoms with Gasteiger partial charge < -0.3 is 14.5 Å². The molecule has 0 aromatic heterocycles. The van der Waals surface area contributed by atoms with E-state index in [1.54, 1.807) is 4.90 Å². The molecule has 1 amide bonds. The van der Waals surface area contributed by atoms with Gasteiger partial charge in [-0.05, 0) is 63.7 Å². The minimum absolute atomic E-state index is 0.0801. The molecule has 2 fully saturated rings. The molecule has 0 aliphatic carbocycles. The lowest BCUT2D eigenvalue weighted by atomic mass is 9.89. The van der Waals surface area contributed by atoms with Gasteiger partial charge in [-0.15, -0.1) is 0 Å². The van der Waals surface area contributed by atoms with Crippen LogP contribution in [0.1, 0.15) is 43.0 Å². The molecule has 0 saturated carbocycles. The SMILES string of the molecule is COc1ccc(F)c(F)c1C(=O)N1CCC([C@@H](C)N2CCCC2)CC1. The number of rotatable bonds is 4. The zero-order valence-corrected chi connectivity index (χ0v) is 14.9. The van der Waals surface area contributed by atoms with Gasteiger partial charge in [-0.1, -0.05) is 0 Å². The van der Waals surface area contributed by atoms with Crippen LogP contribution >= 0.6 is 0 Å². The number of hydrogen-bond acceptors (Lipinski definition) is 3. The average Bonchev–Trinajstić information content (AvgIpc) is 3.17. The number of likely N-dealkylation sites (tertiary alicyclic amines) is 2. The van der Waals surface area contributed by atoms with Gasteiger partial charge in [0.15, 0.2) is 11.6 Å². The van der Waals surface area contributed by atoms with E-state index in [1.807, 2.05) is 0 Å². The van der Waals surface area contributed by atoms with E-state index in [9.17, 15) is 13.6 Å². The van der Waals surface area contributed by atoms with Gasteiger partial charge in [-0.3, -0.25) is 4.79 Å². The number of carbonyl (C=O) groups is 1. The van der Waals surface area contributed by atoms with E-state index in [1.165, 1.54) is 26.0 Å². The number of hydrogen-bond donors (Lipinski definition) is 0. The van der Waals surface area contributed by atoms with Gasteiger partial charge in [-0.2, -0.15) is 0 Å². The molecular weight excluding hydrogens is 326 g/mol. The van der Waals surface area contributed by atoms with Crippen LogP contribution in [-0.4, -0.2) is 55.0 Å². The molecule has 3 rings (SSSR count). The van der Waals surface area contributed by atoms with Crippen LogP contribution in [0, 0.1) is 17.6 Å². The number of piperidine rings is 1. The first-order chi connectivity index (χ1) is 12.0. The van der Waals surface area contributed by atoms with Gasteiger partial charge in [-0.25, -0.2) is 8.78 Å². The summed E-state index contributed by atoms with van der Waals surface area (Å²) in [7, 11) is 1.35. The predicted octanol–water partition coefficient (Wildman–Crippen LogP) is 3.31. The second-order valence-electron chi connectivity index (χ2n) is 7.05. The lowest BCUT2D eigenvalue weighted by Gasteiger charge is -2.38. The van der Waals surface area contributed by atoms with Crippen LogP contribution in [-0.2, 0) is 0 Å². The van der Waals surface area contributed by atoms with Crippen molar-refractivity contribution < 1.29 is 18.3 Å². The Labute approximate surface area is 147 Å². The summed E-state index contributed by atoms with van der Waals surface area (Å²) in [5.41, 5.74) is -0.298. The number of carbonyl (C=O) groups excluding carboxylic acids is 1. The summed E-state index contributed by atoms with van der Waals surface area (Å²) < 4.78 is 32.8. The van der Waals surface area contributed by atoms with Gasteiger partial charge >= 0.3 is 0 Å². The number of methoxy groups -OCH3 is 1. The maximum atomic E-state index is 14.2. The smallest absolute Gasteiger partial charge is 0.260 e. The first-order valence-electron chi connectivity index (χ1n) is 9.08. The van der Waals surface area contributed by atoms with Crippen molar-refractivity contribution in [1.82, 2.24) is 9.80 Å². The molecule has 2 aliphatic heterocycles. The van der Waals surface area contributed by atoms with Crippen LogP contribution in [0.3, 0.4) is 0 Å². The fourth-order valence-electron chi connectivity index (χ4n) is 4.09. The summed E-state index contributed by atoms with van der Waals surface area (Å²) in [5, 5.41) is 0. The molecule has 6 heteroatoms. The largest absolute Gasteiger partial charge is 0.496 e. The zero-order valence-electron chi connectivity index (χ0n) is 14.9. The molecule has 2 heterocycles. The van der Waals surface area contributed by atoms with Crippen LogP contribution in [0.15, 0.2) is 12.1 Å². The van der Waals surface area contributed by atoms with Crippen molar-refractivity contribution in [2.45, 2.75) is 38.6 Å². The summed E-state index contributed by atoms with van der Waals surface area (Å²) >= 11 is 0. The molecule has 1 aromatic carbocycles. The molecule has 0 bridgehead atoms. The second kappa shape index (κ2) is 7.68. The Morgan fingerprint density at radius 3 is 2.40 bits per heavy atom. The molecule has 138 valence electrons. The van der Waals surface area contributed by atoms with Crippen molar-refractivity contribution in [1.29, 1.82) is 0 Å². The molecule has 0 N–H and O–H groups in total. The Morgan fingerprint density at radius 1 is 1.16 bits per heavy atom. The van der Waals surface area contributed by atoms with E-state index in [4.69, 9.17) is 4.74 Å². The summed E-state index contributed by atoms with van der Waals surface area (Å²) in [6.07, 6.45) is 4.31. The van der Waals surface area contributed by atoms with E-state index in [0.717, 1.165) is 32.0 Å². The van der Waals surface area contributed by atoms with Gasteiger partial charge in [0.1, 0.15) is 11.3 Å². The van der Waals surface area contributed by atoms with Crippen LogP contribution in [0.5, 0.6) is 5.75 Å². The van der Waals surface area contributed by atoms with Gasteiger partial charge in [0.2, 0.25) is 0 Å². The number of ether oxygens (including phenoxy) is 1. The monoisotopic (exact) mass is 352 g/mol. The standard InChI is InChI=1S/C19H26F2N2O2/c1-13(22-9-3-4-10-22)14-7-11-23(12-8-14)19(24)17-16(25-2)6-5-15(20)18(17)21/h5-6,13-14H,3-4,7-12H2,1-2H3/t13-/m1/s1. The van der Waals surface area contributed by atoms with Crippen molar-refractivity contribution in [3.8, 4) is 5.75 Å². The highest BCUT2D eigenvalue weighted by atomic mass is 19.2. The summed E-state index contributed by atoms with van der Waals surface area (Å²) in [5.74, 6) is -2.02. The quantitative estimate of drug-likeness (QED) is 0.833. The molecular formula is C19H26F2N2O2. The minimum Gasteiger partial charge on any atom is -0.496 e. The maximum Gasteiger partial charge on any atom is 0.260 e. The molecule has 2 aliphatic rings. The van der Waals surface area contributed by atoms with E-state index in [2.05, 4.69) is 11.8 Å². The third kappa shape index (κ3) is 3.64. The van der Waals surface area contributed by atoms with E-state index < -0.39 is 17.5 Å². The number of nitrogens with zero attached hydrogens (tertiary/aromatic N) is 2. The van der Waals surface area contributed by atoms with Crippen molar-refractivity contribution in [2.75, 3.05) is 33.3 Å². The zero-order chi connectivity index (χ0) is 18.0. The van der Waals surface area contributed by atoms with E-state index in [0.29, 0.717) is 25.0 Å². The van der Waals surface area contributed by atoms with Crippen LogP contribution in [0.2, 0.25) is 0 Å². The van der Waals surface area contributed by atoms with E-state index >= 15 is 0 Å². The van der Waals surface area contributed by atoms with Crippen LogP contribution in [0.4, 0.5) is 8.78 Å². The van der Waals surface area contributed by atoms with Crippen molar-refractivity contribution in [2.24, 2.45) is 5.92 Å². The predicted molar refractivity (Wildman–Crippen MR) is 91.8 cm³/mol. The third-order valence-electron chi connectivity index (χ3n) is 5.72. The highest BCUT2D eigenvalue weighted by Gasteiger charge is 2.32. The highest BCUT2D eigenvalue weighted by molar-refractivity contribution is 5.97. The topological polar surface area (TPSA) is 32.8 Å². The molecule has 4 nitrogen and oxygen atoms in total. The number of halogens is 2. The third-order valence-corrected chi connectivity index (χ3v) is 5.72. The van der Waals surface area contributed by atoms with E-state index in [-0.39, 0.29) is 11.3 Å². The Hall–Kier alpha value is -1.69. The second-order valence-corrected chi connectivity index (χ2v) is 7.05. The summed E-state index contributed by atoms with van der Waals surface area (Å²) in [6, 6.07) is 2.79. The van der Waals surface area contributed by atoms with Gasteiger partial charge in [0.25, 0.3) is 5.91 Å². The van der Waals surface area contributed by atoms with Crippen molar-refractivity contribution >= 4 is 5.91 Å². The number of amides is 1. The number of benzene rings is 1. The van der Waals surface area contributed by atoms with Crippen LogP contribution < -0.4 is 4.74 Å². The normalized spacial score (nSPS) is 20.7. The molecule has 0 spiro atoms. The lowest BCUT2D eigenvalue weighted by Crippen LogP contribution is -2.45. The fourth-order valence-corrected chi connectivity index (χ4v) is 4.09. The molecule has 1 atom stereocenters. The first-order valence-corrected chi connectivity index (χ1v) is 9.08. The lowest BCUT2D eigenvalue weighted by molar-refractivity contribution is 0.0615. The molecule has 0 unspecified atom stereocenters. The Morgan fingerprint density at radius 2 is 1.80 bits per heavy atom. The first kappa shape index (κ1) is 18.1. The Balaban J connectivity index is 1.67. The fraction of sp³-hybridized carbons (Fsp3) is 0.632. The van der Waals surface area contributed by atoms with Crippen molar-refractivity contribution in [3.63, 3.8) is 0 Å². The molecule has 25 heavy (non-hydrogen) atoms. The van der Waals surface area contributed by atoms with Gasteiger partial charge in [0, 0.05) is 19.1 Å². The summed E-state index contributed by atoms with van der Waals surface area (Å²) in [4.78, 5) is 16.9. The Bertz CT molecular complexity index is 624. The van der Waals surface area contributed by atoms with Gasteiger partial charge in [0.05, 0.1) is 7.11 Å². The highest BCUT2D eigenvalue weighted by Crippen LogP contribution is 2.30.